The minimum atomic E-state index is -0.201. The van der Waals surface area contributed by atoms with E-state index in [4.69, 9.17) is 0 Å². The fourth-order valence-corrected chi connectivity index (χ4v) is 3.93. The van der Waals surface area contributed by atoms with E-state index in [1.807, 2.05) is 25.1 Å². The van der Waals surface area contributed by atoms with Crippen LogP contribution >= 0.6 is 0 Å². The predicted octanol–water partition coefficient (Wildman–Crippen LogP) is 3.35. The zero-order valence-corrected chi connectivity index (χ0v) is 14.6. The van der Waals surface area contributed by atoms with Crippen LogP contribution < -0.4 is 15.5 Å². The quantitative estimate of drug-likeness (QED) is 0.793. The average Bonchev–Trinajstić information content (AvgIpc) is 2.97. The van der Waals surface area contributed by atoms with Crippen LogP contribution in [-0.4, -0.2) is 36.9 Å². The first-order valence-electron chi connectivity index (χ1n) is 9.14. The van der Waals surface area contributed by atoms with Gasteiger partial charge in [-0.2, -0.15) is 0 Å². The standard InChI is InChI=1S/C19H29N3O2/c1-19(14-23)10-6-9-17(19)21-18(24)20-15-7-5-8-16(13-15)22-11-3-2-4-12-22/h5,7-8,13,17,23H,2-4,6,9-12,14H2,1H3,(H2,20,21,24). The van der Waals surface area contributed by atoms with Crippen LogP contribution in [0.25, 0.3) is 0 Å². The Kier molecular flexibility index (Phi) is 5.29. The van der Waals surface area contributed by atoms with Crippen molar-refractivity contribution in [3.05, 3.63) is 24.3 Å². The van der Waals surface area contributed by atoms with E-state index < -0.39 is 0 Å². The number of piperidine rings is 1. The summed E-state index contributed by atoms with van der Waals surface area (Å²) in [5, 5.41) is 15.6. The van der Waals surface area contributed by atoms with Gasteiger partial charge < -0.3 is 20.6 Å². The Bertz CT molecular complexity index is 571. The van der Waals surface area contributed by atoms with Gasteiger partial charge in [0.15, 0.2) is 0 Å². The van der Waals surface area contributed by atoms with Gasteiger partial charge in [-0.05, 0) is 50.3 Å². The van der Waals surface area contributed by atoms with Crippen molar-refractivity contribution >= 4 is 17.4 Å². The molecule has 0 spiro atoms. The Labute approximate surface area is 144 Å². The normalized spacial score (nSPS) is 27.1. The fourth-order valence-electron chi connectivity index (χ4n) is 3.93. The van der Waals surface area contributed by atoms with E-state index in [-0.39, 0.29) is 24.1 Å². The molecule has 132 valence electrons. The topological polar surface area (TPSA) is 64.6 Å². The Morgan fingerprint density at radius 2 is 2.08 bits per heavy atom. The second-order valence-corrected chi connectivity index (χ2v) is 7.45. The van der Waals surface area contributed by atoms with Gasteiger partial charge in [0.2, 0.25) is 0 Å². The highest BCUT2D eigenvalue weighted by Gasteiger charge is 2.39. The van der Waals surface area contributed by atoms with E-state index in [2.05, 4.69) is 21.6 Å². The highest BCUT2D eigenvalue weighted by molar-refractivity contribution is 5.90. The van der Waals surface area contributed by atoms with Crippen molar-refractivity contribution in [2.45, 2.75) is 51.5 Å². The van der Waals surface area contributed by atoms with Gasteiger partial charge in [0, 0.05) is 35.9 Å². The Morgan fingerprint density at radius 3 is 2.83 bits per heavy atom. The smallest absolute Gasteiger partial charge is 0.319 e. The largest absolute Gasteiger partial charge is 0.396 e. The zero-order chi connectivity index (χ0) is 17.0. The maximum absolute atomic E-state index is 12.3. The summed E-state index contributed by atoms with van der Waals surface area (Å²) in [7, 11) is 0. The van der Waals surface area contributed by atoms with E-state index in [9.17, 15) is 9.90 Å². The molecule has 2 amide bonds. The van der Waals surface area contributed by atoms with Crippen molar-refractivity contribution in [3.63, 3.8) is 0 Å². The summed E-state index contributed by atoms with van der Waals surface area (Å²) < 4.78 is 0. The molecule has 0 aromatic heterocycles. The van der Waals surface area contributed by atoms with Crippen LogP contribution in [0.1, 0.15) is 45.4 Å². The molecule has 3 rings (SSSR count). The third kappa shape index (κ3) is 3.83. The summed E-state index contributed by atoms with van der Waals surface area (Å²) >= 11 is 0. The minimum absolute atomic E-state index is 0.0350. The van der Waals surface area contributed by atoms with Crippen molar-refractivity contribution in [2.75, 3.05) is 29.9 Å². The molecule has 5 heteroatoms. The summed E-state index contributed by atoms with van der Waals surface area (Å²) in [6.45, 7) is 4.34. The summed E-state index contributed by atoms with van der Waals surface area (Å²) in [5.74, 6) is 0. The van der Waals surface area contributed by atoms with Crippen LogP contribution in [0.2, 0.25) is 0 Å². The van der Waals surface area contributed by atoms with Crippen molar-refractivity contribution in [3.8, 4) is 0 Å². The lowest BCUT2D eigenvalue weighted by Gasteiger charge is -2.30. The molecule has 0 radical (unpaired) electrons. The van der Waals surface area contributed by atoms with Gasteiger partial charge in [0.05, 0.1) is 6.61 Å². The van der Waals surface area contributed by atoms with E-state index in [1.165, 1.54) is 24.9 Å². The highest BCUT2D eigenvalue weighted by atomic mass is 16.3. The molecule has 0 bridgehead atoms. The number of benzene rings is 1. The Hall–Kier alpha value is -1.75. The number of rotatable bonds is 4. The second-order valence-electron chi connectivity index (χ2n) is 7.45. The average molecular weight is 331 g/mol. The third-order valence-corrected chi connectivity index (χ3v) is 5.57. The number of anilines is 2. The van der Waals surface area contributed by atoms with Gasteiger partial charge in [-0.1, -0.05) is 19.4 Å². The van der Waals surface area contributed by atoms with Crippen LogP contribution in [0.4, 0.5) is 16.2 Å². The molecule has 1 aliphatic heterocycles. The number of urea groups is 1. The lowest BCUT2D eigenvalue weighted by molar-refractivity contribution is 0.122. The fraction of sp³-hybridized carbons (Fsp3) is 0.632. The highest BCUT2D eigenvalue weighted by Crippen LogP contribution is 2.37. The minimum Gasteiger partial charge on any atom is -0.396 e. The number of nitrogens with zero attached hydrogens (tertiary/aromatic N) is 1. The number of nitrogens with one attached hydrogen (secondary N) is 2. The molecule has 1 aromatic carbocycles. The molecule has 2 aliphatic rings. The number of hydrogen-bond acceptors (Lipinski definition) is 3. The molecule has 1 heterocycles. The molecule has 1 saturated carbocycles. The SMILES string of the molecule is CC1(CO)CCCC1NC(=O)Nc1cccc(N2CCCCC2)c1. The number of carbonyl (C=O) groups is 1. The zero-order valence-electron chi connectivity index (χ0n) is 14.6. The molecule has 2 unspecified atom stereocenters. The first-order valence-corrected chi connectivity index (χ1v) is 9.14. The lowest BCUT2D eigenvalue weighted by Crippen LogP contribution is -2.46. The number of carbonyl (C=O) groups excluding carboxylic acids is 1. The molecule has 1 aliphatic carbocycles. The maximum Gasteiger partial charge on any atom is 0.319 e. The number of aliphatic hydroxyl groups is 1. The Morgan fingerprint density at radius 1 is 1.29 bits per heavy atom. The number of hydrogen-bond donors (Lipinski definition) is 3. The molecule has 5 nitrogen and oxygen atoms in total. The lowest BCUT2D eigenvalue weighted by atomic mass is 9.86. The first kappa shape index (κ1) is 17.1. The summed E-state index contributed by atoms with van der Waals surface area (Å²) in [6, 6.07) is 7.92. The molecule has 2 atom stereocenters. The van der Waals surface area contributed by atoms with Crippen LogP contribution in [0.3, 0.4) is 0 Å². The van der Waals surface area contributed by atoms with Gasteiger partial charge in [0.25, 0.3) is 0 Å². The van der Waals surface area contributed by atoms with Crippen molar-refractivity contribution < 1.29 is 9.90 Å². The first-order chi connectivity index (χ1) is 11.6. The van der Waals surface area contributed by atoms with E-state index in [1.54, 1.807) is 0 Å². The van der Waals surface area contributed by atoms with E-state index in [0.29, 0.717) is 0 Å². The van der Waals surface area contributed by atoms with Crippen LogP contribution in [0, 0.1) is 5.41 Å². The Balaban J connectivity index is 1.60. The van der Waals surface area contributed by atoms with E-state index in [0.717, 1.165) is 38.0 Å². The second kappa shape index (κ2) is 7.43. The summed E-state index contributed by atoms with van der Waals surface area (Å²) in [6.07, 6.45) is 6.71. The van der Waals surface area contributed by atoms with Gasteiger partial charge >= 0.3 is 6.03 Å². The van der Waals surface area contributed by atoms with Crippen molar-refractivity contribution in [2.24, 2.45) is 5.41 Å². The summed E-state index contributed by atoms with van der Waals surface area (Å²) in [5.41, 5.74) is 1.79. The van der Waals surface area contributed by atoms with Crippen molar-refractivity contribution in [1.29, 1.82) is 0 Å². The van der Waals surface area contributed by atoms with Gasteiger partial charge in [0.1, 0.15) is 0 Å². The van der Waals surface area contributed by atoms with Crippen LogP contribution in [0.5, 0.6) is 0 Å². The predicted molar refractivity (Wildman–Crippen MR) is 97.5 cm³/mol. The van der Waals surface area contributed by atoms with Gasteiger partial charge in [-0.3, -0.25) is 0 Å². The van der Waals surface area contributed by atoms with Crippen LogP contribution in [0.15, 0.2) is 24.3 Å². The van der Waals surface area contributed by atoms with Gasteiger partial charge in [-0.25, -0.2) is 4.79 Å². The van der Waals surface area contributed by atoms with Crippen molar-refractivity contribution in [1.82, 2.24) is 5.32 Å². The monoisotopic (exact) mass is 331 g/mol. The molecule has 1 saturated heterocycles. The molecule has 24 heavy (non-hydrogen) atoms. The van der Waals surface area contributed by atoms with E-state index >= 15 is 0 Å². The molecule has 1 aromatic rings. The number of aliphatic hydroxyl groups excluding tert-OH is 1. The number of amides is 2. The summed E-state index contributed by atoms with van der Waals surface area (Å²) in [4.78, 5) is 14.7. The maximum atomic E-state index is 12.3. The molecular formula is C19H29N3O2. The molecular weight excluding hydrogens is 302 g/mol. The van der Waals surface area contributed by atoms with Crippen LogP contribution in [-0.2, 0) is 0 Å². The van der Waals surface area contributed by atoms with Gasteiger partial charge in [-0.15, -0.1) is 0 Å². The molecule has 2 fully saturated rings. The third-order valence-electron chi connectivity index (χ3n) is 5.57. The molecule has 3 N–H and O–H groups in total.